The highest BCUT2D eigenvalue weighted by Gasteiger charge is 2.28. The summed E-state index contributed by atoms with van der Waals surface area (Å²) in [4.78, 5) is 24.5. The van der Waals surface area contributed by atoms with Gasteiger partial charge in [0.1, 0.15) is 17.1 Å². The summed E-state index contributed by atoms with van der Waals surface area (Å²) in [7, 11) is -3.84. The van der Waals surface area contributed by atoms with Gasteiger partial charge in [-0.15, -0.1) is 0 Å². The highest BCUT2D eigenvalue weighted by Crippen LogP contribution is 2.28. The maximum Gasteiger partial charge on any atom is 0.338 e. The van der Waals surface area contributed by atoms with E-state index >= 15 is 0 Å². The first-order valence-corrected chi connectivity index (χ1v) is 12.6. The third-order valence-corrected chi connectivity index (χ3v) is 8.07. The number of fused-ring (bicyclic) bond motifs is 1. The van der Waals surface area contributed by atoms with Crippen LogP contribution in [0.2, 0.25) is 5.02 Å². The number of halogens is 1. The van der Waals surface area contributed by atoms with Crippen molar-refractivity contribution in [1.82, 2.24) is 4.31 Å². The van der Waals surface area contributed by atoms with E-state index in [1.165, 1.54) is 28.6 Å². The fourth-order valence-electron chi connectivity index (χ4n) is 3.93. The van der Waals surface area contributed by atoms with Crippen LogP contribution in [0.1, 0.15) is 47.2 Å². The molecule has 0 amide bonds. The summed E-state index contributed by atoms with van der Waals surface area (Å²) in [5.41, 5.74) is 1.36. The van der Waals surface area contributed by atoms with Gasteiger partial charge in [0.25, 0.3) is 0 Å². The van der Waals surface area contributed by atoms with Crippen molar-refractivity contribution in [2.75, 3.05) is 13.1 Å². The summed E-state index contributed by atoms with van der Waals surface area (Å²) in [5.74, 6) is -0.715. The van der Waals surface area contributed by atoms with Crippen LogP contribution in [0.4, 0.5) is 0 Å². The minimum Gasteiger partial charge on any atom is -0.457 e. The molecule has 2 aromatic carbocycles. The van der Waals surface area contributed by atoms with Gasteiger partial charge in [0.15, 0.2) is 0 Å². The van der Waals surface area contributed by atoms with Gasteiger partial charge in [0, 0.05) is 30.1 Å². The van der Waals surface area contributed by atoms with Crippen LogP contribution in [0.15, 0.2) is 56.6 Å². The Morgan fingerprint density at radius 2 is 1.79 bits per heavy atom. The summed E-state index contributed by atoms with van der Waals surface area (Å²) in [6.07, 6.45) is 3.55. The van der Waals surface area contributed by atoms with Crippen molar-refractivity contribution in [3.63, 3.8) is 0 Å². The third-order valence-electron chi connectivity index (χ3n) is 5.69. The van der Waals surface area contributed by atoms with Crippen LogP contribution >= 0.6 is 11.6 Å². The van der Waals surface area contributed by atoms with Crippen LogP contribution < -0.4 is 5.63 Å². The molecule has 7 nitrogen and oxygen atoms in total. The van der Waals surface area contributed by atoms with E-state index in [0.717, 1.165) is 31.2 Å². The van der Waals surface area contributed by atoms with Crippen molar-refractivity contribution in [3.05, 3.63) is 74.6 Å². The molecule has 1 fully saturated rings. The van der Waals surface area contributed by atoms with Crippen molar-refractivity contribution in [1.29, 1.82) is 0 Å². The Morgan fingerprint density at radius 1 is 1.06 bits per heavy atom. The molecular weight excluding hydrogens is 466 g/mol. The number of benzene rings is 2. The van der Waals surface area contributed by atoms with E-state index < -0.39 is 21.6 Å². The van der Waals surface area contributed by atoms with E-state index in [9.17, 15) is 18.0 Å². The second kappa shape index (κ2) is 9.67. The lowest BCUT2D eigenvalue weighted by Crippen LogP contribution is -2.32. The van der Waals surface area contributed by atoms with Gasteiger partial charge in [-0.3, -0.25) is 0 Å². The molecule has 0 atom stereocenters. The fraction of sp³-hybridized carbons (Fsp3) is 0.333. The van der Waals surface area contributed by atoms with Crippen LogP contribution in [-0.2, 0) is 21.4 Å². The molecule has 174 valence electrons. The van der Waals surface area contributed by atoms with Gasteiger partial charge >= 0.3 is 11.6 Å². The molecule has 1 aliphatic heterocycles. The summed E-state index contributed by atoms with van der Waals surface area (Å²) >= 11 is 6.21. The Labute approximate surface area is 197 Å². The topological polar surface area (TPSA) is 93.9 Å². The molecule has 3 aromatic rings. The van der Waals surface area contributed by atoms with Gasteiger partial charge in [-0.25, -0.2) is 18.0 Å². The monoisotopic (exact) mass is 489 g/mol. The van der Waals surface area contributed by atoms with E-state index in [1.807, 2.05) is 13.0 Å². The highest BCUT2D eigenvalue weighted by atomic mass is 35.5. The second-order valence-corrected chi connectivity index (χ2v) is 10.4. The van der Waals surface area contributed by atoms with Crippen molar-refractivity contribution in [2.45, 2.75) is 44.1 Å². The molecular formula is C24H24ClNO6S. The number of sulfonamides is 1. The Morgan fingerprint density at radius 3 is 2.52 bits per heavy atom. The van der Waals surface area contributed by atoms with Gasteiger partial charge in [0.05, 0.1) is 10.6 Å². The normalized spacial score (nSPS) is 15.3. The molecule has 2 heterocycles. The molecule has 0 N–H and O–H groups in total. The third kappa shape index (κ3) is 5.13. The van der Waals surface area contributed by atoms with E-state index in [1.54, 1.807) is 12.1 Å². The molecule has 0 spiro atoms. The molecule has 1 aliphatic rings. The molecule has 0 unspecified atom stereocenters. The zero-order valence-electron chi connectivity index (χ0n) is 18.2. The lowest BCUT2D eigenvalue weighted by molar-refractivity contribution is 0.0473. The Hall–Kier alpha value is -2.68. The van der Waals surface area contributed by atoms with Gasteiger partial charge in [-0.1, -0.05) is 36.6 Å². The zero-order chi connectivity index (χ0) is 23.6. The Balaban J connectivity index is 1.58. The Bertz CT molecular complexity index is 1360. The number of aryl methyl sites for hydroxylation is 1. The van der Waals surface area contributed by atoms with Crippen LogP contribution in [0.3, 0.4) is 0 Å². The minimum absolute atomic E-state index is 0.0535. The minimum atomic E-state index is -3.84. The summed E-state index contributed by atoms with van der Waals surface area (Å²) in [6.45, 7) is 2.57. The van der Waals surface area contributed by atoms with Crippen LogP contribution in [0.5, 0.6) is 0 Å². The first kappa shape index (κ1) is 23.5. The molecule has 0 radical (unpaired) electrons. The molecule has 33 heavy (non-hydrogen) atoms. The van der Waals surface area contributed by atoms with Crippen molar-refractivity contribution >= 4 is 38.6 Å². The number of hydrogen-bond donors (Lipinski definition) is 0. The molecule has 0 saturated carbocycles. The number of carbonyl (C=O) groups excluding carboxylic acids is 1. The predicted octanol–water partition coefficient (Wildman–Crippen LogP) is 4.68. The van der Waals surface area contributed by atoms with Crippen molar-refractivity contribution < 1.29 is 22.4 Å². The highest BCUT2D eigenvalue weighted by molar-refractivity contribution is 7.89. The van der Waals surface area contributed by atoms with E-state index in [4.69, 9.17) is 20.8 Å². The Kier molecular flexibility index (Phi) is 6.88. The smallest absolute Gasteiger partial charge is 0.338 e. The van der Waals surface area contributed by atoms with Crippen molar-refractivity contribution in [3.8, 4) is 0 Å². The SMILES string of the molecule is Cc1ccc2c(COC(=O)c3ccc(Cl)c(S(=O)(=O)N4CCCCCC4)c3)cc(=O)oc2c1. The number of carbonyl (C=O) groups is 1. The molecule has 0 aliphatic carbocycles. The quantitative estimate of drug-likeness (QED) is 0.381. The standard InChI is InChI=1S/C24H24ClNO6S/c1-16-6-8-19-18(14-23(27)32-21(19)12-16)15-31-24(28)17-7-9-20(25)22(13-17)33(29,30)26-10-4-2-3-5-11-26/h6-9,12-14H,2-5,10-11,15H2,1H3. The second-order valence-electron chi connectivity index (χ2n) is 8.13. The largest absolute Gasteiger partial charge is 0.457 e. The maximum absolute atomic E-state index is 13.2. The van der Waals surface area contributed by atoms with Gasteiger partial charge in [-0.05, 0) is 49.6 Å². The summed E-state index contributed by atoms with van der Waals surface area (Å²) in [5, 5.41) is 0.714. The van der Waals surface area contributed by atoms with E-state index in [2.05, 4.69) is 0 Å². The zero-order valence-corrected chi connectivity index (χ0v) is 19.7. The van der Waals surface area contributed by atoms with Crippen LogP contribution in [0.25, 0.3) is 11.0 Å². The van der Waals surface area contributed by atoms with Gasteiger partial charge in [0.2, 0.25) is 10.0 Å². The number of nitrogens with zero attached hydrogens (tertiary/aromatic N) is 1. The van der Waals surface area contributed by atoms with Gasteiger partial charge < -0.3 is 9.15 Å². The molecule has 1 aromatic heterocycles. The number of rotatable bonds is 5. The van der Waals surface area contributed by atoms with E-state index in [-0.39, 0.29) is 22.1 Å². The van der Waals surface area contributed by atoms with Crippen molar-refractivity contribution in [2.24, 2.45) is 0 Å². The van der Waals surface area contributed by atoms with Gasteiger partial charge in [-0.2, -0.15) is 4.31 Å². The average Bonchev–Trinajstić information content (AvgIpc) is 3.07. The molecule has 4 rings (SSSR count). The summed E-state index contributed by atoms with van der Waals surface area (Å²) in [6, 6.07) is 10.7. The fourth-order valence-corrected chi connectivity index (χ4v) is 5.95. The number of hydrogen-bond acceptors (Lipinski definition) is 6. The lowest BCUT2D eigenvalue weighted by atomic mass is 10.1. The number of ether oxygens (including phenoxy) is 1. The van der Waals surface area contributed by atoms with Crippen LogP contribution in [0, 0.1) is 6.92 Å². The average molecular weight is 490 g/mol. The summed E-state index contributed by atoms with van der Waals surface area (Å²) < 4.78 is 38.4. The first-order chi connectivity index (χ1) is 15.8. The lowest BCUT2D eigenvalue weighted by Gasteiger charge is -2.21. The maximum atomic E-state index is 13.2. The molecule has 0 bridgehead atoms. The molecule has 9 heteroatoms. The number of esters is 1. The molecule has 1 saturated heterocycles. The van der Waals surface area contributed by atoms with E-state index in [0.29, 0.717) is 29.6 Å². The first-order valence-electron chi connectivity index (χ1n) is 10.8. The predicted molar refractivity (Wildman–Crippen MR) is 125 cm³/mol. The van der Waals surface area contributed by atoms with Crippen LogP contribution in [-0.4, -0.2) is 31.8 Å².